The van der Waals surface area contributed by atoms with Gasteiger partial charge in [0, 0.05) is 24.1 Å². The lowest BCUT2D eigenvalue weighted by Gasteiger charge is -2.44. The van der Waals surface area contributed by atoms with Crippen LogP contribution in [-0.4, -0.2) is 37.0 Å². The number of rotatable bonds is 2. The molecular weight excluding hydrogens is 312 g/mol. The molecule has 3 nitrogen and oxygen atoms in total. The van der Waals surface area contributed by atoms with Crippen molar-refractivity contribution in [1.82, 2.24) is 4.90 Å². The molecule has 0 fully saturated rings. The lowest BCUT2D eigenvalue weighted by Crippen LogP contribution is -2.53. The van der Waals surface area contributed by atoms with Crippen molar-refractivity contribution in [3.05, 3.63) is 65.2 Å². The van der Waals surface area contributed by atoms with Gasteiger partial charge in [0.25, 0.3) is 0 Å². The monoisotopic (exact) mass is 336 g/mol. The summed E-state index contributed by atoms with van der Waals surface area (Å²) >= 11 is 0. The predicted octanol–water partition coefficient (Wildman–Crippen LogP) is 2.70. The Morgan fingerprint density at radius 1 is 1.04 bits per heavy atom. The fraction of sp³-hybridized carbons (Fsp3) is 0.350. The predicted molar refractivity (Wildman–Crippen MR) is 102 cm³/mol. The number of hydrogen-bond donors (Lipinski definition) is 1. The molecule has 4 rings (SSSR count). The molecule has 1 unspecified atom stereocenters. The molecular formula is C20H24N2OSi. The second-order valence-corrected chi connectivity index (χ2v) is 12.9. The average Bonchev–Trinajstić information content (AvgIpc) is 3.05. The van der Waals surface area contributed by atoms with E-state index in [4.69, 9.17) is 0 Å². The maximum Gasteiger partial charge on any atom is 0.169 e. The lowest BCUT2D eigenvalue weighted by atomic mass is 9.86. The maximum atomic E-state index is 11.6. The summed E-state index contributed by atoms with van der Waals surface area (Å²) in [5.74, 6) is 0.939. The number of aliphatic hydroxyl groups is 1. The third-order valence-electron chi connectivity index (χ3n) is 5.20. The number of amidine groups is 1. The summed E-state index contributed by atoms with van der Waals surface area (Å²) in [4.78, 5) is 6.75. The molecule has 0 spiro atoms. The molecule has 1 N–H and O–H groups in total. The van der Waals surface area contributed by atoms with E-state index >= 15 is 0 Å². The van der Waals surface area contributed by atoms with E-state index in [0.717, 1.165) is 24.5 Å². The van der Waals surface area contributed by atoms with E-state index in [2.05, 4.69) is 65.9 Å². The van der Waals surface area contributed by atoms with Crippen LogP contribution in [0.15, 0.2) is 53.5 Å². The Kier molecular flexibility index (Phi) is 3.44. The van der Waals surface area contributed by atoms with Gasteiger partial charge in [-0.2, -0.15) is 0 Å². The van der Waals surface area contributed by atoms with Crippen LogP contribution >= 0.6 is 0 Å². The van der Waals surface area contributed by atoms with Gasteiger partial charge in [0.15, 0.2) is 5.72 Å². The Morgan fingerprint density at radius 3 is 2.46 bits per heavy atom. The van der Waals surface area contributed by atoms with Crippen molar-refractivity contribution in [2.24, 2.45) is 4.99 Å². The summed E-state index contributed by atoms with van der Waals surface area (Å²) in [7, 11) is -1.33. The molecule has 4 heteroatoms. The molecule has 24 heavy (non-hydrogen) atoms. The first-order chi connectivity index (χ1) is 11.4. The van der Waals surface area contributed by atoms with Crippen molar-refractivity contribution in [3.8, 4) is 0 Å². The highest BCUT2D eigenvalue weighted by molar-refractivity contribution is 6.88. The Bertz CT molecular complexity index is 807. The van der Waals surface area contributed by atoms with Gasteiger partial charge < -0.3 is 10.0 Å². The van der Waals surface area contributed by atoms with Crippen molar-refractivity contribution >= 4 is 19.1 Å². The molecule has 124 valence electrons. The van der Waals surface area contributed by atoms with Crippen LogP contribution in [0.3, 0.4) is 0 Å². The van der Waals surface area contributed by atoms with E-state index in [9.17, 15) is 5.11 Å². The molecule has 1 atom stereocenters. The van der Waals surface area contributed by atoms with Crippen LogP contribution in [0.4, 0.5) is 0 Å². The highest BCUT2D eigenvalue weighted by atomic mass is 28.3. The minimum atomic E-state index is -1.33. The van der Waals surface area contributed by atoms with Gasteiger partial charge in [-0.1, -0.05) is 73.4 Å². The highest BCUT2D eigenvalue weighted by Crippen LogP contribution is 2.38. The number of hydrogen-bond acceptors (Lipinski definition) is 3. The molecule has 0 aromatic heterocycles. The van der Waals surface area contributed by atoms with Crippen LogP contribution < -0.4 is 5.19 Å². The number of aliphatic imine (C=N–C) groups is 1. The largest absolute Gasteiger partial charge is 0.366 e. The molecule has 0 saturated heterocycles. The summed E-state index contributed by atoms with van der Waals surface area (Å²) in [6.07, 6.45) is 0.606. The van der Waals surface area contributed by atoms with E-state index in [1.165, 1.54) is 16.3 Å². The van der Waals surface area contributed by atoms with Crippen LogP contribution in [0.1, 0.15) is 16.7 Å². The second-order valence-electron chi connectivity index (χ2n) is 7.83. The van der Waals surface area contributed by atoms with Crippen LogP contribution in [0.5, 0.6) is 0 Å². The first-order valence-corrected chi connectivity index (χ1v) is 12.1. The molecule has 0 saturated carbocycles. The average molecular weight is 337 g/mol. The zero-order chi connectivity index (χ0) is 16.9. The van der Waals surface area contributed by atoms with Crippen molar-refractivity contribution in [2.75, 3.05) is 13.1 Å². The zero-order valence-electron chi connectivity index (χ0n) is 14.6. The van der Waals surface area contributed by atoms with Crippen molar-refractivity contribution in [1.29, 1.82) is 0 Å². The number of nitrogens with zero attached hydrogens (tertiary/aromatic N) is 2. The number of benzene rings is 2. The molecule has 2 heterocycles. The number of fused-ring (bicyclic) bond motifs is 3. The minimum Gasteiger partial charge on any atom is -0.366 e. The molecule has 2 aliphatic rings. The van der Waals surface area contributed by atoms with Gasteiger partial charge in [-0.05, 0) is 5.56 Å². The van der Waals surface area contributed by atoms with Gasteiger partial charge in [0.1, 0.15) is 5.84 Å². The normalized spacial score (nSPS) is 22.8. The Labute approximate surface area is 144 Å². The SMILES string of the molecule is C[Si](C)(C)c1ccc(C2(O)Cc3ccccc3C3=NCCN32)cc1. The van der Waals surface area contributed by atoms with Crippen LogP contribution in [-0.2, 0) is 12.1 Å². The van der Waals surface area contributed by atoms with Crippen molar-refractivity contribution in [3.63, 3.8) is 0 Å². The van der Waals surface area contributed by atoms with Gasteiger partial charge in [0.2, 0.25) is 0 Å². The quantitative estimate of drug-likeness (QED) is 0.856. The summed E-state index contributed by atoms with van der Waals surface area (Å²) in [6, 6.07) is 16.9. The zero-order valence-corrected chi connectivity index (χ0v) is 15.6. The molecule has 0 bridgehead atoms. The topological polar surface area (TPSA) is 35.8 Å². The molecule has 0 radical (unpaired) electrons. The molecule has 0 aliphatic carbocycles. The van der Waals surface area contributed by atoms with E-state index < -0.39 is 13.8 Å². The Balaban J connectivity index is 1.79. The van der Waals surface area contributed by atoms with Gasteiger partial charge in [-0.15, -0.1) is 0 Å². The standard InChI is InChI=1S/C20H24N2OSi/c1-24(2,3)17-10-8-16(9-11-17)20(23)14-15-6-4-5-7-18(15)19-21-12-13-22(19)20/h4-11,23H,12-14H2,1-3H3. The summed E-state index contributed by atoms with van der Waals surface area (Å²) < 4.78 is 0. The molecule has 2 aromatic carbocycles. The van der Waals surface area contributed by atoms with E-state index in [1.807, 2.05) is 12.1 Å². The maximum absolute atomic E-state index is 11.6. The van der Waals surface area contributed by atoms with Gasteiger partial charge >= 0.3 is 0 Å². The van der Waals surface area contributed by atoms with E-state index in [1.54, 1.807) is 0 Å². The van der Waals surface area contributed by atoms with Gasteiger partial charge in [-0.25, -0.2) is 0 Å². The molecule has 2 aliphatic heterocycles. The van der Waals surface area contributed by atoms with Crippen LogP contribution in [0.2, 0.25) is 19.6 Å². The minimum absolute atomic E-state index is 0.606. The van der Waals surface area contributed by atoms with Gasteiger partial charge in [-0.3, -0.25) is 4.99 Å². The first kappa shape index (κ1) is 15.6. The first-order valence-electron chi connectivity index (χ1n) is 8.63. The van der Waals surface area contributed by atoms with Crippen molar-refractivity contribution < 1.29 is 5.11 Å². The summed E-state index contributed by atoms with van der Waals surface area (Å²) in [5.41, 5.74) is 2.31. The molecule has 0 amide bonds. The Hall–Kier alpha value is -1.91. The Morgan fingerprint density at radius 2 is 1.75 bits per heavy atom. The van der Waals surface area contributed by atoms with E-state index in [-0.39, 0.29) is 0 Å². The highest BCUT2D eigenvalue weighted by Gasteiger charge is 2.44. The third kappa shape index (κ3) is 2.33. The van der Waals surface area contributed by atoms with Crippen LogP contribution in [0.25, 0.3) is 0 Å². The van der Waals surface area contributed by atoms with Crippen LogP contribution in [0, 0.1) is 0 Å². The van der Waals surface area contributed by atoms with E-state index in [0.29, 0.717) is 6.42 Å². The fourth-order valence-electron chi connectivity index (χ4n) is 3.79. The summed E-state index contributed by atoms with van der Waals surface area (Å²) in [6.45, 7) is 8.56. The molecule has 2 aromatic rings. The lowest BCUT2D eigenvalue weighted by molar-refractivity contribution is -0.0745. The summed E-state index contributed by atoms with van der Waals surface area (Å²) in [5, 5.41) is 13.0. The fourth-order valence-corrected chi connectivity index (χ4v) is 4.95. The van der Waals surface area contributed by atoms with Crippen molar-refractivity contribution in [2.45, 2.75) is 31.8 Å². The third-order valence-corrected chi connectivity index (χ3v) is 7.26. The smallest absolute Gasteiger partial charge is 0.169 e. The van der Waals surface area contributed by atoms with Gasteiger partial charge in [0.05, 0.1) is 14.6 Å². The second kappa shape index (κ2) is 5.29.